The number of anilines is 1. The highest BCUT2D eigenvalue weighted by molar-refractivity contribution is 6.42. The Morgan fingerprint density at radius 2 is 2.00 bits per heavy atom. The summed E-state index contributed by atoms with van der Waals surface area (Å²) in [5.74, 6) is 1.41. The molecule has 90 valence electrons. The van der Waals surface area contributed by atoms with Crippen LogP contribution >= 0.6 is 23.2 Å². The van der Waals surface area contributed by atoms with Gasteiger partial charge in [0.05, 0.1) is 21.1 Å². The van der Waals surface area contributed by atoms with Crippen molar-refractivity contribution in [1.82, 2.24) is 9.55 Å². The van der Waals surface area contributed by atoms with Gasteiger partial charge in [-0.1, -0.05) is 36.0 Å². The minimum Gasteiger partial charge on any atom is -0.369 e. The van der Waals surface area contributed by atoms with Crippen LogP contribution in [0.5, 0.6) is 0 Å². The van der Waals surface area contributed by atoms with E-state index in [1.165, 1.54) is 12.8 Å². The van der Waals surface area contributed by atoms with Gasteiger partial charge in [-0.3, -0.25) is 0 Å². The highest BCUT2D eigenvalue weighted by Gasteiger charge is 2.21. The van der Waals surface area contributed by atoms with E-state index in [1.54, 1.807) is 6.07 Å². The first-order valence-corrected chi connectivity index (χ1v) is 6.51. The van der Waals surface area contributed by atoms with Crippen LogP contribution in [-0.2, 0) is 6.54 Å². The molecular formula is C12H13Cl2N3. The molecule has 0 radical (unpaired) electrons. The van der Waals surface area contributed by atoms with E-state index in [4.69, 9.17) is 28.9 Å². The molecule has 1 fully saturated rings. The summed E-state index contributed by atoms with van der Waals surface area (Å²) in [6.07, 6.45) is 3.86. The van der Waals surface area contributed by atoms with Gasteiger partial charge in [0.2, 0.25) is 5.95 Å². The van der Waals surface area contributed by atoms with Gasteiger partial charge >= 0.3 is 0 Å². The van der Waals surface area contributed by atoms with E-state index in [2.05, 4.69) is 4.98 Å². The number of rotatable bonds is 3. The largest absolute Gasteiger partial charge is 0.369 e. The standard InChI is InChI=1S/C12H13Cl2N3/c13-8-5-10-11(6-9(8)14)17(12(15)16-10)4-3-7-1-2-7/h5-7H,1-4H2,(H2,15,16). The van der Waals surface area contributed by atoms with Gasteiger partial charge in [-0.05, 0) is 24.5 Å². The SMILES string of the molecule is Nc1nc2cc(Cl)c(Cl)cc2n1CCC1CC1. The number of hydrogen-bond acceptors (Lipinski definition) is 2. The van der Waals surface area contributed by atoms with E-state index in [-0.39, 0.29) is 0 Å². The number of benzene rings is 1. The molecule has 1 saturated carbocycles. The van der Waals surface area contributed by atoms with Crippen molar-refractivity contribution in [2.75, 3.05) is 5.73 Å². The summed E-state index contributed by atoms with van der Waals surface area (Å²) in [6.45, 7) is 0.908. The molecule has 0 spiro atoms. The summed E-state index contributed by atoms with van der Waals surface area (Å²) in [4.78, 5) is 4.31. The van der Waals surface area contributed by atoms with Crippen LogP contribution in [0.15, 0.2) is 12.1 Å². The maximum Gasteiger partial charge on any atom is 0.201 e. The smallest absolute Gasteiger partial charge is 0.201 e. The fourth-order valence-electron chi connectivity index (χ4n) is 2.09. The molecule has 1 aromatic carbocycles. The summed E-state index contributed by atoms with van der Waals surface area (Å²) >= 11 is 12.0. The number of aryl methyl sites for hydroxylation is 1. The van der Waals surface area contributed by atoms with Crippen molar-refractivity contribution in [1.29, 1.82) is 0 Å². The monoisotopic (exact) mass is 269 g/mol. The number of halogens is 2. The number of hydrogen-bond donors (Lipinski definition) is 1. The third-order valence-electron chi connectivity index (χ3n) is 3.28. The molecule has 2 aromatic rings. The lowest BCUT2D eigenvalue weighted by molar-refractivity contribution is 0.614. The minimum absolute atomic E-state index is 0.519. The Bertz CT molecular complexity index is 573. The summed E-state index contributed by atoms with van der Waals surface area (Å²) in [7, 11) is 0. The van der Waals surface area contributed by atoms with Gasteiger partial charge in [-0.15, -0.1) is 0 Å². The molecule has 0 amide bonds. The van der Waals surface area contributed by atoms with E-state index in [0.29, 0.717) is 16.0 Å². The lowest BCUT2D eigenvalue weighted by Gasteiger charge is -2.05. The highest BCUT2D eigenvalue weighted by atomic mass is 35.5. The molecule has 1 heterocycles. The van der Waals surface area contributed by atoms with Crippen molar-refractivity contribution in [2.45, 2.75) is 25.8 Å². The number of aromatic nitrogens is 2. The second kappa shape index (κ2) is 4.07. The molecule has 0 bridgehead atoms. The highest BCUT2D eigenvalue weighted by Crippen LogP contribution is 2.34. The predicted molar refractivity (Wildman–Crippen MR) is 71.5 cm³/mol. The van der Waals surface area contributed by atoms with Crippen LogP contribution in [0.4, 0.5) is 5.95 Å². The Kier molecular flexibility index (Phi) is 2.68. The number of imidazole rings is 1. The van der Waals surface area contributed by atoms with Gasteiger partial charge < -0.3 is 10.3 Å². The Morgan fingerprint density at radius 1 is 1.29 bits per heavy atom. The number of nitrogens with two attached hydrogens (primary N) is 1. The Labute approximate surface area is 110 Å². The fraction of sp³-hybridized carbons (Fsp3) is 0.417. The fourth-order valence-corrected chi connectivity index (χ4v) is 2.41. The molecule has 0 aliphatic heterocycles. The van der Waals surface area contributed by atoms with Crippen LogP contribution in [-0.4, -0.2) is 9.55 Å². The second-order valence-corrected chi connectivity index (χ2v) is 5.42. The lowest BCUT2D eigenvalue weighted by atomic mass is 10.2. The van der Waals surface area contributed by atoms with Gasteiger partial charge in [0.25, 0.3) is 0 Å². The third-order valence-corrected chi connectivity index (χ3v) is 4.00. The van der Waals surface area contributed by atoms with E-state index in [1.807, 2.05) is 10.6 Å². The third kappa shape index (κ3) is 2.09. The van der Waals surface area contributed by atoms with E-state index >= 15 is 0 Å². The zero-order valence-electron chi connectivity index (χ0n) is 9.29. The number of nitrogens with zero attached hydrogens (tertiary/aromatic N) is 2. The normalized spacial score (nSPS) is 15.6. The first-order chi connectivity index (χ1) is 8.15. The Hall–Kier alpha value is -0.930. The van der Waals surface area contributed by atoms with Crippen LogP contribution in [0, 0.1) is 5.92 Å². The lowest BCUT2D eigenvalue weighted by Crippen LogP contribution is -2.03. The maximum absolute atomic E-state index is 6.03. The molecule has 5 heteroatoms. The molecule has 0 saturated heterocycles. The van der Waals surface area contributed by atoms with Crippen molar-refractivity contribution in [2.24, 2.45) is 5.92 Å². The molecule has 3 nitrogen and oxygen atoms in total. The van der Waals surface area contributed by atoms with Crippen molar-refractivity contribution < 1.29 is 0 Å². The second-order valence-electron chi connectivity index (χ2n) is 4.61. The molecule has 1 aliphatic rings. The van der Waals surface area contributed by atoms with Gasteiger partial charge in [-0.2, -0.15) is 0 Å². The predicted octanol–water partition coefficient (Wildman–Crippen LogP) is 3.73. The van der Waals surface area contributed by atoms with E-state index in [9.17, 15) is 0 Å². The molecule has 1 aliphatic carbocycles. The van der Waals surface area contributed by atoms with Crippen LogP contribution in [0.25, 0.3) is 11.0 Å². The average Bonchev–Trinajstić information content (AvgIpc) is 3.04. The molecule has 1 aromatic heterocycles. The maximum atomic E-state index is 6.03. The first-order valence-electron chi connectivity index (χ1n) is 5.76. The summed E-state index contributed by atoms with van der Waals surface area (Å²) in [6, 6.07) is 3.61. The van der Waals surface area contributed by atoms with Gasteiger partial charge in [0.1, 0.15) is 0 Å². The average molecular weight is 270 g/mol. The van der Waals surface area contributed by atoms with Gasteiger partial charge in [0.15, 0.2) is 0 Å². The summed E-state index contributed by atoms with van der Waals surface area (Å²) in [5.41, 5.74) is 7.71. The first kappa shape index (κ1) is 11.2. The zero-order valence-corrected chi connectivity index (χ0v) is 10.8. The molecular weight excluding hydrogens is 257 g/mol. The van der Waals surface area contributed by atoms with Crippen LogP contribution in [0.3, 0.4) is 0 Å². The van der Waals surface area contributed by atoms with E-state index < -0.39 is 0 Å². The van der Waals surface area contributed by atoms with Gasteiger partial charge in [-0.25, -0.2) is 4.98 Å². The Morgan fingerprint density at radius 3 is 2.71 bits per heavy atom. The Balaban J connectivity index is 2.02. The van der Waals surface area contributed by atoms with Crippen molar-refractivity contribution in [3.8, 4) is 0 Å². The van der Waals surface area contributed by atoms with Gasteiger partial charge in [0, 0.05) is 6.54 Å². The molecule has 2 N–H and O–H groups in total. The topological polar surface area (TPSA) is 43.8 Å². The number of nitrogen functional groups attached to an aromatic ring is 1. The number of fused-ring (bicyclic) bond motifs is 1. The summed E-state index contributed by atoms with van der Waals surface area (Å²) < 4.78 is 2.02. The van der Waals surface area contributed by atoms with Crippen molar-refractivity contribution in [3.05, 3.63) is 22.2 Å². The molecule has 17 heavy (non-hydrogen) atoms. The van der Waals surface area contributed by atoms with Crippen LogP contribution in [0.2, 0.25) is 10.0 Å². The van der Waals surface area contributed by atoms with Crippen molar-refractivity contribution in [3.63, 3.8) is 0 Å². The van der Waals surface area contributed by atoms with Crippen molar-refractivity contribution >= 4 is 40.2 Å². The molecule has 0 unspecified atom stereocenters. The van der Waals surface area contributed by atoms with Crippen LogP contribution < -0.4 is 5.73 Å². The summed E-state index contributed by atoms with van der Waals surface area (Å²) in [5, 5.41) is 1.07. The molecule has 3 rings (SSSR count). The quantitative estimate of drug-likeness (QED) is 0.923. The van der Waals surface area contributed by atoms with E-state index in [0.717, 1.165) is 29.9 Å². The van der Waals surface area contributed by atoms with Crippen LogP contribution in [0.1, 0.15) is 19.3 Å². The molecule has 0 atom stereocenters. The zero-order chi connectivity index (χ0) is 12.0. The minimum atomic E-state index is 0.519.